The highest BCUT2D eigenvalue weighted by molar-refractivity contribution is 7.10. The third kappa shape index (κ3) is 2.51. The number of carboxylic acids is 1. The summed E-state index contributed by atoms with van der Waals surface area (Å²) in [5, 5.41) is 11.7. The van der Waals surface area contributed by atoms with Gasteiger partial charge in [0.25, 0.3) is 0 Å². The van der Waals surface area contributed by atoms with Crippen LogP contribution in [0.5, 0.6) is 0 Å². The van der Waals surface area contributed by atoms with Gasteiger partial charge in [-0.3, -0.25) is 14.4 Å². The number of carbonyl (C=O) groups is 3. The molecule has 1 aliphatic carbocycles. The highest BCUT2D eigenvalue weighted by Crippen LogP contribution is 2.45. The largest absolute Gasteiger partial charge is 0.481 e. The third-order valence-corrected chi connectivity index (χ3v) is 6.36. The molecule has 0 spiro atoms. The van der Waals surface area contributed by atoms with E-state index < -0.39 is 17.3 Å². The van der Waals surface area contributed by atoms with Gasteiger partial charge in [0, 0.05) is 31.1 Å². The van der Waals surface area contributed by atoms with Gasteiger partial charge in [0.15, 0.2) is 0 Å². The van der Waals surface area contributed by atoms with Gasteiger partial charge in [0.05, 0.1) is 12.3 Å². The van der Waals surface area contributed by atoms with Crippen molar-refractivity contribution in [3.05, 3.63) is 22.4 Å². The quantitative estimate of drug-likeness (QED) is 0.863. The zero-order valence-electron chi connectivity index (χ0n) is 13.3. The number of hydrogen-bond acceptors (Lipinski definition) is 4. The minimum atomic E-state index is -1.13. The van der Waals surface area contributed by atoms with Crippen molar-refractivity contribution in [3.8, 4) is 0 Å². The standard InChI is InChI=1S/C17H20N2O4S/c20-14(6-12-2-1-5-24-12)18-8-13-15(21)19(7-11-3-4-11)10-17(13,9-18)16(22)23/h1-2,5,11,13H,3-4,6-10H2,(H,22,23)/t13-,17-/m0/s1. The van der Waals surface area contributed by atoms with Crippen LogP contribution in [0.3, 0.4) is 0 Å². The maximum atomic E-state index is 12.7. The van der Waals surface area contributed by atoms with Gasteiger partial charge in [-0.1, -0.05) is 6.07 Å². The highest BCUT2D eigenvalue weighted by atomic mass is 32.1. The van der Waals surface area contributed by atoms with E-state index >= 15 is 0 Å². The molecule has 7 heteroatoms. The van der Waals surface area contributed by atoms with E-state index in [1.807, 2.05) is 17.5 Å². The Hall–Kier alpha value is -1.89. The average Bonchev–Trinajstić information content (AvgIpc) is 2.96. The number of carboxylic acid groups (broad SMARTS) is 1. The van der Waals surface area contributed by atoms with Gasteiger partial charge in [0.1, 0.15) is 5.41 Å². The Balaban J connectivity index is 1.50. The summed E-state index contributed by atoms with van der Waals surface area (Å²) < 4.78 is 0. The number of carbonyl (C=O) groups excluding carboxylic acids is 2. The number of thiophene rings is 1. The molecule has 3 fully saturated rings. The molecule has 24 heavy (non-hydrogen) atoms. The van der Waals surface area contributed by atoms with Crippen LogP contribution in [0.25, 0.3) is 0 Å². The van der Waals surface area contributed by atoms with Crippen LogP contribution in [0.4, 0.5) is 0 Å². The molecular formula is C17H20N2O4S. The molecule has 1 aromatic rings. The van der Waals surface area contributed by atoms with Gasteiger partial charge >= 0.3 is 5.97 Å². The fourth-order valence-corrected chi connectivity index (χ4v) is 4.63. The first-order valence-electron chi connectivity index (χ1n) is 8.32. The van der Waals surface area contributed by atoms with Crippen molar-refractivity contribution in [2.45, 2.75) is 19.3 Å². The van der Waals surface area contributed by atoms with Crippen LogP contribution in [0.15, 0.2) is 17.5 Å². The van der Waals surface area contributed by atoms with Crippen LogP contribution in [0.1, 0.15) is 17.7 Å². The van der Waals surface area contributed by atoms with Crippen molar-refractivity contribution < 1.29 is 19.5 Å². The maximum absolute atomic E-state index is 12.7. The van der Waals surface area contributed by atoms with Crippen LogP contribution >= 0.6 is 11.3 Å². The number of aliphatic carboxylic acids is 1. The summed E-state index contributed by atoms with van der Waals surface area (Å²) >= 11 is 1.51. The molecule has 128 valence electrons. The molecule has 1 aromatic heterocycles. The Morgan fingerprint density at radius 3 is 2.71 bits per heavy atom. The summed E-state index contributed by atoms with van der Waals surface area (Å²) in [4.78, 5) is 41.4. The lowest BCUT2D eigenvalue weighted by Gasteiger charge is -2.25. The molecule has 3 aliphatic rings. The number of nitrogens with zero attached hydrogens (tertiary/aromatic N) is 2. The van der Waals surface area contributed by atoms with Gasteiger partial charge in [-0.25, -0.2) is 0 Å². The minimum Gasteiger partial charge on any atom is -0.481 e. The first kappa shape index (κ1) is 15.6. The molecule has 1 N–H and O–H groups in total. The van der Waals surface area contributed by atoms with E-state index in [1.165, 1.54) is 11.3 Å². The molecule has 2 amide bonds. The lowest BCUT2D eigenvalue weighted by atomic mass is 9.81. The van der Waals surface area contributed by atoms with E-state index in [1.54, 1.807) is 9.80 Å². The lowest BCUT2D eigenvalue weighted by Crippen LogP contribution is -2.42. The summed E-state index contributed by atoms with van der Waals surface area (Å²) in [6.07, 6.45) is 2.53. The number of hydrogen-bond donors (Lipinski definition) is 1. The first-order chi connectivity index (χ1) is 11.5. The summed E-state index contributed by atoms with van der Waals surface area (Å²) in [7, 11) is 0. The number of likely N-dealkylation sites (tertiary alicyclic amines) is 2. The summed E-state index contributed by atoms with van der Waals surface area (Å²) in [6, 6.07) is 3.79. The Morgan fingerprint density at radius 1 is 1.33 bits per heavy atom. The Morgan fingerprint density at radius 2 is 2.12 bits per heavy atom. The molecule has 6 nitrogen and oxygen atoms in total. The minimum absolute atomic E-state index is 0.0873. The van der Waals surface area contributed by atoms with Gasteiger partial charge in [-0.15, -0.1) is 11.3 Å². The molecule has 0 unspecified atom stereocenters. The van der Waals surface area contributed by atoms with Gasteiger partial charge in [-0.2, -0.15) is 0 Å². The van der Waals surface area contributed by atoms with E-state index in [0.29, 0.717) is 12.5 Å². The molecule has 0 bridgehead atoms. The molecule has 4 rings (SSSR count). The Bertz CT molecular complexity index is 685. The average molecular weight is 348 g/mol. The SMILES string of the molecule is O=C(Cc1cccs1)N1C[C@H]2C(=O)N(CC3CC3)C[C@@]2(C(=O)O)C1. The van der Waals surface area contributed by atoms with Crippen molar-refractivity contribution in [2.24, 2.45) is 17.3 Å². The molecule has 0 aromatic carbocycles. The van der Waals surface area contributed by atoms with Crippen LogP contribution in [0, 0.1) is 17.3 Å². The summed E-state index contributed by atoms with van der Waals surface area (Å²) in [6.45, 7) is 1.29. The van der Waals surface area contributed by atoms with Crippen molar-refractivity contribution in [3.63, 3.8) is 0 Å². The Kier molecular flexibility index (Phi) is 3.63. The van der Waals surface area contributed by atoms with Crippen LogP contribution < -0.4 is 0 Å². The smallest absolute Gasteiger partial charge is 0.314 e. The summed E-state index contributed by atoms with van der Waals surface area (Å²) in [5.74, 6) is -1.19. The molecular weight excluding hydrogens is 328 g/mol. The predicted octanol–water partition coefficient (Wildman–Crippen LogP) is 1.07. The van der Waals surface area contributed by atoms with Gasteiger partial charge in [0.2, 0.25) is 11.8 Å². The number of amides is 2. The fraction of sp³-hybridized carbons (Fsp3) is 0.588. The second kappa shape index (κ2) is 5.58. The number of fused-ring (bicyclic) bond motifs is 1. The second-order valence-corrected chi connectivity index (χ2v) is 8.24. The predicted molar refractivity (Wildman–Crippen MR) is 87.5 cm³/mol. The third-order valence-electron chi connectivity index (χ3n) is 5.49. The van der Waals surface area contributed by atoms with E-state index in [-0.39, 0.29) is 37.9 Å². The normalized spacial score (nSPS) is 29.2. The lowest BCUT2D eigenvalue weighted by molar-refractivity contribution is -0.150. The molecule has 2 aliphatic heterocycles. The zero-order chi connectivity index (χ0) is 16.9. The van der Waals surface area contributed by atoms with E-state index in [4.69, 9.17) is 0 Å². The van der Waals surface area contributed by atoms with Crippen LogP contribution in [0.2, 0.25) is 0 Å². The van der Waals surface area contributed by atoms with Crippen molar-refractivity contribution in [2.75, 3.05) is 26.2 Å². The van der Waals surface area contributed by atoms with Gasteiger partial charge < -0.3 is 14.9 Å². The molecule has 2 atom stereocenters. The molecule has 2 saturated heterocycles. The molecule has 1 saturated carbocycles. The van der Waals surface area contributed by atoms with E-state index in [9.17, 15) is 19.5 Å². The monoisotopic (exact) mass is 348 g/mol. The number of rotatable bonds is 5. The second-order valence-electron chi connectivity index (χ2n) is 7.21. The molecule has 0 radical (unpaired) electrons. The van der Waals surface area contributed by atoms with Crippen molar-refractivity contribution >= 4 is 29.1 Å². The maximum Gasteiger partial charge on any atom is 0.314 e. The molecule has 3 heterocycles. The van der Waals surface area contributed by atoms with Crippen LogP contribution in [-0.2, 0) is 20.8 Å². The van der Waals surface area contributed by atoms with Gasteiger partial charge in [-0.05, 0) is 30.2 Å². The fourth-order valence-electron chi connectivity index (χ4n) is 3.94. The van der Waals surface area contributed by atoms with Crippen molar-refractivity contribution in [1.82, 2.24) is 9.80 Å². The zero-order valence-corrected chi connectivity index (χ0v) is 14.1. The van der Waals surface area contributed by atoms with Crippen molar-refractivity contribution in [1.29, 1.82) is 0 Å². The topological polar surface area (TPSA) is 77.9 Å². The highest BCUT2D eigenvalue weighted by Gasteiger charge is 2.63. The van der Waals surface area contributed by atoms with Crippen LogP contribution in [-0.4, -0.2) is 58.9 Å². The Labute approximate surface area is 144 Å². The summed E-state index contributed by atoms with van der Waals surface area (Å²) in [5.41, 5.74) is -1.13. The first-order valence-corrected chi connectivity index (χ1v) is 9.20. The van der Waals surface area contributed by atoms with E-state index in [2.05, 4.69) is 0 Å². The van der Waals surface area contributed by atoms with E-state index in [0.717, 1.165) is 17.7 Å².